The first-order valence-corrected chi connectivity index (χ1v) is 13.6. The number of amides is 1. The van der Waals surface area contributed by atoms with E-state index in [1.165, 1.54) is 44.2 Å². The van der Waals surface area contributed by atoms with Crippen molar-refractivity contribution in [2.75, 3.05) is 0 Å². The zero-order valence-corrected chi connectivity index (χ0v) is 21.5. The molecule has 4 fully saturated rings. The number of hydrogen-bond donors (Lipinski definition) is 1. The molecule has 4 aromatic rings. The molecule has 0 radical (unpaired) electrons. The average Bonchev–Trinajstić information content (AvgIpc) is 3.44. The summed E-state index contributed by atoms with van der Waals surface area (Å²) in [5.41, 5.74) is 9.66. The summed E-state index contributed by atoms with van der Waals surface area (Å²) in [7, 11) is 0. The van der Waals surface area contributed by atoms with Gasteiger partial charge in [0.25, 0.3) is 0 Å². The number of nitrogens with one attached hydrogen (secondary N) is 1. The zero-order valence-electron chi connectivity index (χ0n) is 21.5. The summed E-state index contributed by atoms with van der Waals surface area (Å²) in [5, 5.41) is 5.12. The Labute approximate surface area is 217 Å². The molecule has 37 heavy (non-hydrogen) atoms. The van der Waals surface area contributed by atoms with Crippen molar-refractivity contribution < 1.29 is 9.21 Å². The molecule has 0 saturated heterocycles. The van der Waals surface area contributed by atoms with Crippen molar-refractivity contribution in [1.82, 2.24) is 9.99 Å². The van der Waals surface area contributed by atoms with Crippen molar-refractivity contribution in [2.45, 2.75) is 57.8 Å². The molecule has 0 unspecified atom stereocenters. The van der Waals surface area contributed by atoms with Crippen LogP contribution in [0.3, 0.4) is 0 Å². The maximum atomic E-state index is 12.5. The van der Waals surface area contributed by atoms with Crippen LogP contribution in [-0.4, -0.2) is 16.7 Å². The molecule has 0 atom stereocenters. The third-order valence-electron chi connectivity index (χ3n) is 9.27. The van der Waals surface area contributed by atoms with E-state index in [1.807, 2.05) is 24.3 Å². The lowest BCUT2D eigenvalue weighted by Gasteiger charge is -2.57. The molecule has 4 aliphatic carbocycles. The van der Waals surface area contributed by atoms with Crippen LogP contribution in [0, 0.1) is 31.6 Å². The predicted molar refractivity (Wildman–Crippen MR) is 146 cm³/mol. The minimum atomic E-state index is -0.360. The fourth-order valence-corrected chi connectivity index (χ4v) is 8.05. The summed E-state index contributed by atoms with van der Waals surface area (Å²) >= 11 is 0. The van der Waals surface area contributed by atoms with Gasteiger partial charge in [-0.25, -0.2) is 5.43 Å². The van der Waals surface area contributed by atoms with E-state index in [0.29, 0.717) is 11.0 Å². The molecule has 2 aromatic heterocycles. The lowest BCUT2D eigenvalue weighted by Crippen LogP contribution is -2.48. The van der Waals surface area contributed by atoms with Crippen molar-refractivity contribution >= 4 is 23.1 Å². The molecule has 1 amide bonds. The molecule has 0 spiro atoms. The first kappa shape index (κ1) is 22.6. The van der Waals surface area contributed by atoms with Crippen molar-refractivity contribution in [1.29, 1.82) is 0 Å². The molecule has 2 aromatic carbocycles. The second-order valence-corrected chi connectivity index (χ2v) is 11.8. The monoisotopic (exact) mass is 491 g/mol. The summed E-state index contributed by atoms with van der Waals surface area (Å²) < 4.78 is 7.90. The molecule has 4 saturated carbocycles. The third-order valence-corrected chi connectivity index (χ3v) is 9.27. The van der Waals surface area contributed by atoms with Gasteiger partial charge in [-0.1, -0.05) is 30.3 Å². The van der Waals surface area contributed by atoms with Gasteiger partial charge >= 0.3 is 5.91 Å². The number of nitrogens with zero attached hydrogens (tertiary/aromatic N) is 2. The molecule has 1 N–H and O–H groups in total. The minimum absolute atomic E-state index is 0.253. The lowest BCUT2D eigenvalue weighted by atomic mass is 9.48. The fraction of sp³-hybridized carbons (Fsp3) is 0.375. The quantitative estimate of drug-likeness (QED) is 0.240. The number of rotatable bonds is 5. The zero-order chi connectivity index (χ0) is 25.1. The van der Waals surface area contributed by atoms with Crippen LogP contribution in [0.25, 0.3) is 16.7 Å². The van der Waals surface area contributed by atoms with Crippen LogP contribution >= 0.6 is 0 Å². The number of aromatic nitrogens is 1. The number of fused-ring (bicyclic) bond motifs is 1. The second-order valence-electron chi connectivity index (χ2n) is 11.8. The van der Waals surface area contributed by atoms with E-state index in [9.17, 15) is 4.79 Å². The number of furan rings is 1. The highest BCUT2D eigenvalue weighted by atomic mass is 16.3. The van der Waals surface area contributed by atoms with Crippen LogP contribution in [0.15, 0.2) is 70.2 Å². The van der Waals surface area contributed by atoms with Crippen LogP contribution < -0.4 is 5.43 Å². The summed E-state index contributed by atoms with van der Waals surface area (Å²) in [6, 6.07) is 20.8. The number of hydrogen-bond acceptors (Lipinski definition) is 3. The van der Waals surface area contributed by atoms with Gasteiger partial charge in [-0.05, 0) is 111 Å². The maximum absolute atomic E-state index is 12.5. The first-order chi connectivity index (χ1) is 18.0. The molecular formula is C32H33N3O2. The highest BCUT2D eigenvalue weighted by Crippen LogP contribution is 2.60. The van der Waals surface area contributed by atoms with Crippen molar-refractivity contribution in [3.05, 3.63) is 88.9 Å². The van der Waals surface area contributed by atoms with E-state index in [-0.39, 0.29) is 11.7 Å². The predicted octanol–water partition coefficient (Wildman–Crippen LogP) is 7.07. The summed E-state index contributed by atoms with van der Waals surface area (Å²) in [6.45, 7) is 4.22. The van der Waals surface area contributed by atoms with E-state index >= 15 is 0 Å². The second kappa shape index (κ2) is 8.47. The first-order valence-electron chi connectivity index (χ1n) is 13.6. The Kier molecular flexibility index (Phi) is 5.17. The molecule has 2 heterocycles. The van der Waals surface area contributed by atoms with Gasteiger partial charge in [0.05, 0.1) is 6.21 Å². The third kappa shape index (κ3) is 3.83. The highest BCUT2D eigenvalue weighted by molar-refractivity contribution is 5.96. The van der Waals surface area contributed by atoms with Crippen LogP contribution in [0.5, 0.6) is 0 Å². The number of para-hydroxylation sites is 1. The smallest absolute Gasteiger partial charge is 0.307 e. The van der Waals surface area contributed by atoms with E-state index in [0.717, 1.165) is 40.1 Å². The Morgan fingerprint density at radius 2 is 1.65 bits per heavy atom. The normalized spacial score (nSPS) is 26.4. The minimum Gasteiger partial charge on any atom is -0.451 e. The summed E-state index contributed by atoms with van der Waals surface area (Å²) in [5.74, 6) is 2.75. The Hall–Kier alpha value is -3.60. The molecule has 0 aliphatic heterocycles. The van der Waals surface area contributed by atoms with Crippen molar-refractivity contribution in [3.63, 3.8) is 0 Å². The Bertz CT molecular complexity index is 1450. The van der Waals surface area contributed by atoms with Crippen molar-refractivity contribution in [3.8, 4) is 5.69 Å². The van der Waals surface area contributed by atoms with Crippen LogP contribution in [0.1, 0.15) is 71.6 Å². The summed E-state index contributed by atoms with van der Waals surface area (Å²) in [4.78, 5) is 12.5. The van der Waals surface area contributed by atoms with Gasteiger partial charge in [0.2, 0.25) is 0 Å². The molecule has 4 aliphatic rings. The fourth-order valence-electron chi connectivity index (χ4n) is 8.05. The van der Waals surface area contributed by atoms with Crippen molar-refractivity contribution in [2.24, 2.45) is 22.9 Å². The van der Waals surface area contributed by atoms with Crippen LogP contribution in [-0.2, 0) is 5.41 Å². The van der Waals surface area contributed by atoms with E-state index in [4.69, 9.17) is 4.42 Å². The van der Waals surface area contributed by atoms with Gasteiger partial charge < -0.3 is 8.98 Å². The van der Waals surface area contributed by atoms with E-state index in [2.05, 4.69) is 59.3 Å². The number of aryl methyl sites for hydroxylation is 1. The topological polar surface area (TPSA) is 59.5 Å². The molecule has 4 bridgehead atoms. The number of hydrazone groups is 1. The highest BCUT2D eigenvalue weighted by Gasteiger charge is 2.51. The molecule has 8 rings (SSSR count). The standard InChI is InChI=1S/C32H33N3O2/c1-20-11-26(19-33-34-31(36)30-15-25-5-3-4-6-29(25)37-30)21(2)35(20)28-9-7-27(8-10-28)32-16-22-12-23(17-32)14-24(13-22)18-32/h3-11,15,19,22-24H,12-14,16-18H2,1-2H3,(H,34,36)/b33-19+. The van der Waals surface area contributed by atoms with E-state index in [1.54, 1.807) is 17.8 Å². The van der Waals surface area contributed by atoms with E-state index < -0.39 is 0 Å². The Morgan fingerprint density at radius 1 is 0.973 bits per heavy atom. The molecule has 5 nitrogen and oxygen atoms in total. The average molecular weight is 492 g/mol. The van der Waals surface area contributed by atoms with Gasteiger partial charge in [0.15, 0.2) is 5.76 Å². The molecular weight excluding hydrogens is 458 g/mol. The number of benzene rings is 2. The van der Waals surface area contributed by atoms with Gasteiger partial charge in [-0.2, -0.15) is 5.10 Å². The SMILES string of the molecule is Cc1cc(/C=N/NC(=O)c2cc3ccccc3o2)c(C)n1-c1ccc(C23CC4CC(CC(C4)C2)C3)cc1. The Balaban J connectivity index is 1.09. The van der Waals surface area contributed by atoms with Gasteiger partial charge in [-0.15, -0.1) is 0 Å². The summed E-state index contributed by atoms with van der Waals surface area (Å²) in [6.07, 6.45) is 10.3. The van der Waals surface area contributed by atoms with Crippen LogP contribution in [0.2, 0.25) is 0 Å². The van der Waals surface area contributed by atoms with Gasteiger partial charge in [0.1, 0.15) is 5.58 Å². The maximum Gasteiger partial charge on any atom is 0.307 e. The Morgan fingerprint density at radius 3 is 2.32 bits per heavy atom. The molecule has 5 heteroatoms. The van der Waals surface area contributed by atoms with Crippen LogP contribution in [0.4, 0.5) is 0 Å². The number of carbonyl (C=O) groups excluding carboxylic acids is 1. The van der Waals surface area contributed by atoms with Gasteiger partial charge in [-0.3, -0.25) is 4.79 Å². The number of carbonyl (C=O) groups is 1. The molecule has 188 valence electrons. The lowest BCUT2D eigenvalue weighted by molar-refractivity contribution is -0.00518. The van der Waals surface area contributed by atoms with Gasteiger partial charge in [0, 0.05) is 28.0 Å². The largest absolute Gasteiger partial charge is 0.451 e.